The SMILES string of the molecule is CC#CCOc1cccc2ccccc12. The van der Waals surface area contributed by atoms with Gasteiger partial charge in [-0.25, -0.2) is 0 Å². The topological polar surface area (TPSA) is 9.23 Å². The maximum absolute atomic E-state index is 5.59. The Hall–Kier alpha value is -1.94. The molecule has 0 saturated heterocycles. The van der Waals surface area contributed by atoms with Crippen LogP contribution in [0.15, 0.2) is 42.5 Å². The van der Waals surface area contributed by atoms with Crippen molar-refractivity contribution in [1.82, 2.24) is 0 Å². The van der Waals surface area contributed by atoms with Gasteiger partial charge in [0.2, 0.25) is 0 Å². The first kappa shape index (κ1) is 9.61. The molecule has 0 bridgehead atoms. The zero-order chi connectivity index (χ0) is 10.5. The van der Waals surface area contributed by atoms with E-state index in [-0.39, 0.29) is 0 Å². The Bertz CT molecular complexity index is 512. The lowest BCUT2D eigenvalue weighted by atomic mass is 10.1. The molecule has 0 aromatic heterocycles. The van der Waals surface area contributed by atoms with Gasteiger partial charge < -0.3 is 4.74 Å². The molecule has 2 aromatic rings. The lowest BCUT2D eigenvalue weighted by Crippen LogP contribution is -1.94. The average molecular weight is 196 g/mol. The monoisotopic (exact) mass is 196 g/mol. The summed E-state index contributed by atoms with van der Waals surface area (Å²) in [5, 5.41) is 2.33. The van der Waals surface area contributed by atoms with Crippen LogP contribution in [-0.4, -0.2) is 6.61 Å². The van der Waals surface area contributed by atoms with Gasteiger partial charge in [-0.1, -0.05) is 42.3 Å². The van der Waals surface area contributed by atoms with Crippen LogP contribution in [0.3, 0.4) is 0 Å². The molecule has 74 valence electrons. The summed E-state index contributed by atoms with van der Waals surface area (Å²) in [5.74, 6) is 6.60. The molecule has 0 unspecified atom stereocenters. The third kappa shape index (κ3) is 2.11. The summed E-state index contributed by atoms with van der Waals surface area (Å²) >= 11 is 0. The molecule has 2 rings (SSSR count). The van der Waals surface area contributed by atoms with E-state index in [9.17, 15) is 0 Å². The molecular weight excluding hydrogens is 184 g/mol. The Morgan fingerprint density at radius 2 is 1.87 bits per heavy atom. The first-order valence-corrected chi connectivity index (χ1v) is 4.92. The van der Waals surface area contributed by atoms with Gasteiger partial charge in [-0.05, 0) is 18.4 Å². The zero-order valence-electron chi connectivity index (χ0n) is 8.66. The summed E-state index contributed by atoms with van der Waals surface area (Å²) in [6.07, 6.45) is 0. The van der Waals surface area contributed by atoms with Crippen molar-refractivity contribution in [3.8, 4) is 17.6 Å². The second-order valence-electron chi connectivity index (χ2n) is 3.19. The second kappa shape index (κ2) is 4.52. The zero-order valence-corrected chi connectivity index (χ0v) is 8.66. The fourth-order valence-corrected chi connectivity index (χ4v) is 1.51. The number of hydrogen-bond donors (Lipinski definition) is 0. The van der Waals surface area contributed by atoms with Crippen LogP contribution in [0.2, 0.25) is 0 Å². The Kier molecular flexibility index (Phi) is 2.90. The Labute approximate surface area is 89.7 Å². The largest absolute Gasteiger partial charge is 0.480 e. The number of benzene rings is 2. The predicted molar refractivity (Wildman–Crippen MR) is 62.9 cm³/mol. The Morgan fingerprint density at radius 1 is 1.07 bits per heavy atom. The third-order valence-corrected chi connectivity index (χ3v) is 2.23. The van der Waals surface area contributed by atoms with Crippen LogP contribution >= 0.6 is 0 Å². The van der Waals surface area contributed by atoms with Gasteiger partial charge in [-0.2, -0.15) is 0 Å². The van der Waals surface area contributed by atoms with Crippen LogP contribution in [0.5, 0.6) is 5.75 Å². The molecule has 0 spiro atoms. The van der Waals surface area contributed by atoms with Crippen molar-refractivity contribution in [3.63, 3.8) is 0 Å². The fraction of sp³-hybridized carbons (Fsp3) is 0.143. The minimum atomic E-state index is 0.449. The molecule has 0 saturated carbocycles. The van der Waals surface area contributed by atoms with Crippen LogP contribution < -0.4 is 4.74 Å². The molecule has 0 amide bonds. The molecule has 0 N–H and O–H groups in total. The van der Waals surface area contributed by atoms with E-state index in [0.717, 1.165) is 11.1 Å². The number of rotatable bonds is 2. The standard InChI is InChI=1S/C14H12O/c1-2-3-11-15-14-10-6-8-12-7-4-5-9-13(12)14/h4-10H,11H2,1H3. The highest BCUT2D eigenvalue weighted by atomic mass is 16.5. The molecule has 0 heterocycles. The van der Waals surface area contributed by atoms with Crippen molar-refractivity contribution in [2.75, 3.05) is 6.61 Å². The van der Waals surface area contributed by atoms with Crippen molar-refractivity contribution in [3.05, 3.63) is 42.5 Å². The summed E-state index contributed by atoms with van der Waals surface area (Å²) in [7, 11) is 0. The summed E-state index contributed by atoms with van der Waals surface area (Å²) < 4.78 is 5.59. The van der Waals surface area contributed by atoms with E-state index in [2.05, 4.69) is 30.0 Å². The van der Waals surface area contributed by atoms with Crippen molar-refractivity contribution in [1.29, 1.82) is 0 Å². The van der Waals surface area contributed by atoms with Gasteiger partial charge in [0.25, 0.3) is 0 Å². The molecule has 1 nitrogen and oxygen atoms in total. The van der Waals surface area contributed by atoms with E-state index in [4.69, 9.17) is 4.74 Å². The quantitative estimate of drug-likeness (QED) is 0.670. The van der Waals surface area contributed by atoms with Gasteiger partial charge in [-0.15, -0.1) is 5.92 Å². The molecule has 15 heavy (non-hydrogen) atoms. The van der Waals surface area contributed by atoms with Crippen LogP contribution in [0, 0.1) is 11.8 Å². The van der Waals surface area contributed by atoms with Gasteiger partial charge in [0.1, 0.15) is 12.4 Å². The van der Waals surface area contributed by atoms with Crippen molar-refractivity contribution >= 4 is 10.8 Å². The van der Waals surface area contributed by atoms with Crippen molar-refractivity contribution in [2.24, 2.45) is 0 Å². The molecule has 0 aliphatic heterocycles. The normalized spacial score (nSPS) is 9.40. The van der Waals surface area contributed by atoms with Crippen LogP contribution in [0.4, 0.5) is 0 Å². The predicted octanol–water partition coefficient (Wildman–Crippen LogP) is 3.24. The first-order valence-electron chi connectivity index (χ1n) is 4.92. The lowest BCUT2D eigenvalue weighted by Gasteiger charge is -2.05. The summed E-state index contributed by atoms with van der Waals surface area (Å²) in [5.41, 5.74) is 0. The van der Waals surface area contributed by atoms with E-state index in [1.54, 1.807) is 0 Å². The van der Waals surface area contributed by atoms with Gasteiger partial charge in [0.15, 0.2) is 0 Å². The highest BCUT2D eigenvalue weighted by Crippen LogP contribution is 2.24. The van der Waals surface area contributed by atoms with E-state index in [1.807, 2.05) is 31.2 Å². The molecular formula is C14H12O. The Morgan fingerprint density at radius 3 is 2.73 bits per heavy atom. The van der Waals surface area contributed by atoms with Gasteiger partial charge in [-0.3, -0.25) is 0 Å². The van der Waals surface area contributed by atoms with Gasteiger partial charge in [0, 0.05) is 5.39 Å². The van der Waals surface area contributed by atoms with E-state index in [0.29, 0.717) is 6.61 Å². The smallest absolute Gasteiger partial charge is 0.149 e. The van der Waals surface area contributed by atoms with E-state index >= 15 is 0 Å². The van der Waals surface area contributed by atoms with E-state index in [1.165, 1.54) is 5.39 Å². The Balaban J connectivity index is 2.36. The second-order valence-corrected chi connectivity index (χ2v) is 3.19. The van der Waals surface area contributed by atoms with E-state index < -0.39 is 0 Å². The first-order chi connectivity index (χ1) is 7.42. The highest BCUT2D eigenvalue weighted by Gasteiger charge is 1.99. The maximum Gasteiger partial charge on any atom is 0.149 e. The summed E-state index contributed by atoms with van der Waals surface area (Å²) in [4.78, 5) is 0. The molecule has 2 aromatic carbocycles. The highest BCUT2D eigenvalue weighted by molar-refractivity contribution is 5.88. The van der Waals surface area contributed by atoms with Gasteiger partial charge in [0.05, 0.1) is 0 Å². The third-order valence-electron chi connectivity index (χ3n) is 2.23. The lowest BCUT2D eigenvalue weighted by molar-refractivity contribution is 0.374. The van der Waals surface area contributed by atoms with Crippen LogP contribution in [0.25, 0.3) is 10.8 Å². The fourth-order valence-electron chi connectivity index (χ4n) is 1.51. The molecule has 0 aliphatic carbocycles. The number of ether oxygens (including phenoxy) is 1. The van der Waals surface area contributed by atoms with Crippen LogP contribution in [0.1, 0.15) is 6.92 Å². The average Bonchev–Trinajstić information content (AvgIpc) is 2.30. The molecule has 1 heteroatoms. The van der Waals surface area contributed by atoms with Crippen LogP contribution in [-0.2, 0) is 0 Å². The minimum Gasteiger partial charge on any atom is -0.480 e. The van der Waals surface area contributed by atoms with Crippen molar-refractivity contribution in [2.45, 2.75) is 6.92 Å². The molecule has 0 radical (unpaired) electrons. The summed E-state index contributed by atoms with van der Waals surface area (Å²) in [6, 6.07) is 14.2. The van der Waals surface area contributed by atoms with Crippen molar-refractivity contribution < 1.29 is 4.74 Å². The van der Waals surface area contributed by atoms with Gasteiger partial charge >= 0.3 is 0 Å². The molecule has 0 aliphatic rings. The molecule has 0 fully saturated rings. The maximum atomic E-state index is 5.59. The minimum absolute atomic E-state index is 0.449. The molecule has 0 atom stereocenters. The number of fused-ring (bicyclic) bond motifs is 1. The number of hydrogen-bond acceptors (Lipinski definition) is 1. The summed E-state index contributed by atoms with van der Waals surface area (Å²) in [6.45, 7) is 2.26.